The van der Waals surface area contributed by atoms with Gasteiger partial charge in [-0.2, -0.15) is 0 Å². The molecule has 0 aromatic rings. The predicted molar refractivity (Wildman–Crippen MR) is 144 cm³/mol. The quantitative estimate of drug-likeness (QED) is 0.0275. The fraction of sp³-hybridized carbons (Fsp3) is 1.00. The first-order chi connectivity index (χ1) is 17.9. The van der Waals surface area contributed by atoms with Crippen LogP contribution < -0.4 is 34.5 Å². The molecule has 1 unspecified atom stereocenters. The average molecular weight is 707 g/mol. The summed E-state index contributed by atoms with van der Waals surface area (Å²) in [6, 6.07) is 0. The maximum Gasteiger partial charge on any atom is 1.00 e. The van der Waals surface area contributed by atoms with E-state index in [4.69, 9.17) is 34.3 Å². The molecule has 0 saturated heterocycles. The van der Waals surface area contributed by atoms with Gasteiger partial charge in [-0.25, -0.2) is 0 Å². The Labute approximate surface area is 262 Å². The third-order valence-electron chi connectivity index (χ3n) is 5.31. The molecule has 0 aliphatic carbocycles. The molecule has 24 heteroatoms. The van der Waals surface area contributed by atoms with Gasteiger partial charge in [0.05, 0.1) is 6.29 Å². The largest absolute Gasteiger partial charge is 1.00 e. The van der Waals surface area contributed by atoms with E-state index in [-0.39, 0.29) is 42.6 Å². The SMILES string of the molecule is O=P([O-])(O)CN(CCCCCCN(CCCCCCN(CP(=O)(O)O)CP(=O)(O)O)CP(=O)(O)O)CP(=O)(O)O.[Na+]. The summed E-state index contributed by atoms with van der Waals surface area (Å²) in [6.45, 7) is 0.774. The van der Waals surface area contributed by atoms with E-state index in [2.05, 4.69) is 0 Å². The van der Waals surface area contributed by atoms with Crippen molar-refractivity contribution in [1.29, 1.82) is 0 Å². The number of hydrogen-bond acceptors (Lipinski definition) is 9. The summed E-state index contributed by atoms with van der Waals surface area (Å²) in [5.41, 5.74) is 0. The molecule has 0 bridgehead atoms. The van der Waals surface area contributed by atoms with Crippen LogP contribution >= 0.6 is 38.0 Å². The molecule has 0 aliphatic rings. The maximum atomic E-state index is 11.5. The van der Waals surface area contributed by atoms with Crippen LogP contribution in [0, 0.1) is 0 Å². The van der Waals surface area contributed by atoms with Crippen molar-refractivity contribution in [3.8, 4) is 0 Å². The van der Waals surface area contributed by atoms with Crippen molar-refractivity contribution in [3.63, 3.8) is 0 Å². The minimum atomic E-state index is -4.76. The Balaban J connectivity index is 0. The molecular formula is C17H43N3NaO15P5. The first-order valence-electron chi connectivity index (χ1n) is 12.3. The van der Waals surface area contributed by atoms with Crippen LogP contribution in [0.2, 0.25) is 0 Å². The van der Waals surface area contributed by atoms with E-state index in [1.807, 2.05) is 0 Å². The summed E-state index contributed by atoms with van der Waals surface area (Å²) in [7, 11) is -22.6. The smallest absolute Gasteiger partial charge is 0.778 e. The van der Waals surface area contributed by atoms with Crippen molar-refractivity contribution in [2.45, 2.75) is 51.4 Å². The van der Waals surface area contributed by atoms with Crippen molar-refractivity contribution in [2.75, 3.05) is 57.6 Å². The Kier molecular flexibility index (Phi) is 22.6. The molecule has 0 amide bonds. The molecule has 0 aromatic heterocycles. The van der Waals surface area contributed by atoms with Gasteiger partial charge < -0.3 is 53.5 Å². The minimum absolute atomic E-state index is 0. The van der Waals surface area contributed by atoms with Crippen LogP contribution in [0.5, 0.6) is 0 Å². The molecule has 1 atom stereocenters. The van der Waals surface area contributed by atoms with Gasteiger partial charge >= 0.3 is 59.9 Å². The van der Waals surface area contributed by atoms with Crippen LogP contribution in [0.15, 0.2) is 0 Å². The molecule has 0 rings (SSSR count). The van der Waals surface area contributed by atoms with Crippen LogP contribution in [0.25, 0.3) is 0 Å². The fourth-order valence-corrected chi connectivity index (χ4v) is 8.12. The molecule has 0 fully saturated rings. The third-order valence-corrected chi connectivity index (χ3v) is 9.14. The molecule has 0 radical (unpaired) electrons. The average Bonchev–Trinajstić information content (AvgIpc) is 2.66. The standard InChI is InChI=1S/C17H44N3O15P5.Na/c21-36(22,23)13-18(9-5-1-3-7-11-19(14-37(24,25)26)15-38(27,28)29)10-6-2-4-8-12-20(16-39(30,31)32)17-40(33,34)35;/h1-17H2,(H2,21,22,23)(H2,24,25,26)(H2,27,28,29)(H2,30,31,32)(H2,33,34,35);/q;+1/p-1. The molecule has 0 aliphatic heterocycles. The first-order valence-corrected chi connectivity index (χ1v) is 21.3. The van der Waals surface area contributed by atoms with Gasteiger partial charge in [-0.15, -0.1) is 0 Å². The zero-order valence-electron chi connectivity index (χ0n) is 23.1. The monoisotopic (exact) mass is 707 g/mol. The van der Waals surface area contributed by atoms with Crippen molar-refractivity contribution in [3.05, 3.63) is 0 Å². The number of unbranched alkanes of at least 4 members (excludes halogenated alkanes) is 6. The molecular weight excluding hydrogens is 664 g/mol. The van der Waals surface area contributed by atoms with Gasteiger partial charge in [0.2, 0.25) is 0 Å². The van der Waals surface area contributed by atoms with E-state index in [9.17, 15) is 37.5 Å². The van der Waals surface area contributed by atoms with Crippen molar-refractivity contribution in [1.82, 2.24) is 14.7 Å². The van der Waals surface area contributed by atoms with Gasteiger partial charge in [0.15, 0.2) is 0 Å². The Morgan fingerprint density at radius 3 is 0.854 bits per heavy atom. The van der Waals surface area contributed by atoms with Gasteiger partial charge in [0, 0.05) is 0 Å². The van der Waals surface area contributed by atoms with Crippen molar-refractivity contribution >= 4 is 38.0 Å². The summed E-state index contributed by atoms with van der Waals surface area (Å²) >= 11 is 0. The summed E-state index contributed by atoms with van der Waals surface area (Å²) < 4.78 is 56.2. The molecule has 18 nitrogen and oxygen atoms in total. The fourth-order valence-electron chi connectivity index (χ4n) is 3.97. The zero-order chi connectivity index (χ0) is 31.3. The van der Waals surface area contributed by atoms with Crippen LogP contribution in [-0.2, 0) is 22.8 Å². The van der Waals surface area contributed by atoms with Crippen LogP contribution in [0.4, 0.5) is 0 Å². The molecule has 0 spiro atoms. The molecule has 0 aromatic carbocycles. The van der Waals surface area contributed by atoms with Crippen molar-refractivity contribution in [2.24, 2.45) is 0 Å². The molecule has 9 N–H and O–H groups in total. The van der Waals surface area contributed by atoms with Gasteiger partial charge in [0.1, 0.15) is 32.7 Å². The Morgan fingerprint density at radius 2 is 0.610 bits per heavy atom. The first kappa shape index (κ1) is 44.8. The Morgan fingerprint density at radius 1 is 0.390 bits per heavy atom. The molecule has 242 valence electrons. The molecule has 0 saturated carbocycles. The van der Waals surface area contributed by atoms with E-state index >= 15 is 0 Å². The van der Waals surface area contributed by atoms with Gasteiger partial charge in [-0.3, -0.25) is 33.0 Å². The minimum Gasteiger partial charge on any atom is -0.778 e. The van der Waals surface area contributed by atoms with E-state index in [1.165, 1.54) is 0 Å². The second-order valence-corrected chi connectivity index (χ2v) is 17.7. The number of hydrogen-bond donors (Lipinski definition) is 9. The predicted octanol–water partition coefficient (Wildman–Crippen LogP) is -2.94. The van der Waals surface area contributed by atoms with Crippen LogP contribution in [0.1, 0.15) is 51.4 Å². The van der Waals surface area contributed by atoms with E-state index in [0.717, 1.165) is 9.80 Å². The molecule has 0 heterocycles. The number of rotatable bonds is 24. The Hall–Kier alpha value is 1.63. The maximum absolute atomic E-state index is 11.5. The number of nitrogens with zero attached hydrogens (tertiary/aromatic N) is 3. The normalized spacial score (nSPS) is 15.0. The van der Waals surface area contributed by atoms with Gasteiger partial charge in [0.25, 0.3) is 0 Å². The summed E-state index contributed by atoms with van der Waals surface area (Å²) in [5.74, 6) is 0. The Bertz CT molecular complexity index is 853. The van der Waals surface area contributed by atoms with E-state index in [1.54, 1.807) is 4.90 Å². The van der Waals surface area contributed by atoms with E-state index < -0.39 is 69.4 Å². The van der Waals surface area contributed by atoms with E-state index in [0.29, 0.717) is 64.5 Å². The van der Waals surface area contributed by atoms with Gasteiger partial charge in [-0.05, 0) is 51.9 Å². The second-order valence-electron chi connectivity index (χ2n) is 9.74. The summed E-state index contributed by atoms with van der Waals surface area (Å²) in [6.07, 6.45) is 0.405. The zero-order valence-corrected chi connectivity index (χ0v) is 29.5. The summed E-state index contributed by atoms with van der Waals surface area (Å²) in [5, 5.41) is 0. The molecule has 41 heavy (non-hydrogen) atoms. The second kappa shape index (κ2) is 20.7. The topological polar surface area (TPSA) is 300 Å². The van der Waals surface area contributed by atoms with Crippen molar-refractivity contribution < 1.29 is 101 Å². The van der Waals surface area contributed by atoms with Crippen LogP contribution in [-0.4, -0.2) is 116 Å². The third kappa shape index (κ3) is 32.8. The van der Waals surface area contributed by atoms with Gasteiger partial charge in [-0.1, -0.05) is 25.7 Å². The van der Waals surface area contributed by atoms with Crippen LogP contribution in [0.3, 0.4) is 0 Å². The summed E-state index contributed by atoms with van der Waals surface area (Å²) in [4.78, 5) is 96.8.